The molecule has 0 saturated heterocycles. The van der Waals surface area contributed by atoms with Crippen molar-refractivity contribution in [1.82, 2.24) is 10.6 Å². The Balaban J connectivity index is 3.43. The highest BCUT2D eigenvalue weighted by atomic mass is 16.5. The summed E-state index contributed by atoms with van der Waals surface area (Å²) in [7, 11) is 1.61. The second-order valence-electron chi connectivity index (χ2n) is 2.84. The molecule has 13 heavy (non-hydrogen) atoms. The minimum Gasteiger partial charge on any atom is -0.383 e. The molecular formula is C9H18N2O2. The van der Waals surface area contributed by atoms with Crippen LogP contribution in [0.3, 0.4) is 0 Å². The van der Waals surface area contributed by atoms with Gasteiger partial charge in [-0.25, -0.2) is 0 Å². The lowest BCUT2D eigenvalue weighted by atomic mass is 10.3. The molecule has 76 valence electrons. The first-order valence-corrected chi connectivity index (χ1v) is 4.30. The molecule has 0 rings (SSSR count). The zero-order valence-electron chi connectivity index (χ0n) is 8.30. The lowest BCUT2D eigenvalue weighted by molar-refractivity contribution is -0.121. The van der Waals surface area contributed by atoms with Crippen LogP contribution < -0.4 is 10.6 Å². The van der Waals surface area contributed by atoms with Gasteiger partial charge in [-0.15, -0.1) is 6.58 Å². The van der Waals surface area contributed by atoms with Crippen molar-refractivity contribution in [3.63, 3.8) is 0 Å². The molecule has 0 saturated carbocycles. The van der Waals surface area contributed by atoms with E-state index in [0.717, 1.165) is 0 Å². The highest BCUT2D eigenvalue weighted by Crippen LogP contribution is 1.81. The molecule has 0 spiro atoms. The number of hydrogen-bond donors (Lipinski definition) is 2. The minimum atomic E-state index is -0.0219. The van der Waals surface area contributed by atoms with Crippen LogP contribution in [0.25, 0.3) is 0 Å². The molecule has 0 bridgehead atoms. The van der Waals surface area contributed by atoms with E-state index in [0.29, 0.717) is 19.7 Å². The summed E-state index contributed by atoms with van der Waals surface area (Å²) in [6.07, 6.45) is 1.71. The van der Waals surface area contributed by atoms with Crippen LogP contribution >= 0.6 is 0 Å². The van der Waals surface area contributed by atoms with E-state index in [9.17, 15) is 4.79 Å². The number of carbonyl (C=O) groups excluding carboxylic acids is 1. The maximum Gasteiger partial charge on any atom is 0.234 e. The molecule has 4 nitrogen and oxygen atoms in total. The highest BCUT2D eigenvalue weighted by Gasteiger charge is 2.04. The van der Waals surface area contributed by atoms with Crippen molar-refractivity contribution in [2.24, 2.45) is 0 Å². The Bertz CT molecular complexity index is 160. The smallest absolute Gasteiger partial charge is 0.234 e. The molecule has 2 N–H and O–H groups in total. The first kappa shape index (κ1) is 12.1. The number of rotatable bonds is 7. The van der Waals surface area contributed by atoms with Gasteiger partial charge in [0, 0.05) is 19.7 Å². The van der Waals surface area contributed by atoms with E-state index in [1.807, 2.05) is 6.92 Å². The summed E-state index contributed by atoms with van der Waals surface area (Å²) in [6, 6.07) is 0.0584. The van der Waals surface area contributed by atoms with Crippen LogP contribution in [0.1, 0.15) is 6.92 Å². The van der Waals surface area contributed by atoms with Crippen molar-refractivity contribution in [2.45, 2.75) is 13.0 Å². The zero-order chi connectivity index (χ0) is 10.1. The van der Waals surface area contributed by atoms with Crippen molar-refractivity contribution in [2.75, 3.05) is 26.8 Å². The molecule has 0 fully saturated rings. The number of carbonyl (C=O) groups is 1. The van der Waals surface area contributed by atoms with Crippen molar-refractivity contribution in [1.29, 1.82) is 0 Å². The summed E-state index contributed by atoms with van der Waals surface area (Å²) >= 11 is 0. The topological polar surface area (TPSA) is 50.4 Å². The largest absolute Gasteiger partial charge is 0.383 e. The summed E-state index contributed by atoms with van der Waals surface area (Å²) in [5.41, 5.74) is 0. The number of ether oxygens (including phenoxy) is 1. The van der Waals surface area contributed by atoms with Crippen LogP contribution in [0.2, 0.25) is 0 Å². The number of amides is 1. The van der Waals surface area contributed by atoms with Gasteiger partial charge in [0.15, 0.2) is 0 Å². The number of hydrogen-bond acceptors (Lipinski definition) is 3. The summed E-state index contributed by atoms with van der Waals surface area (Å²) < 4.78 is 4.88. The molecule has 1 atom stereocenters. The summed E-state index contributed by atoms with van der Waals surface area (Å²) in [5.74, 6) is -0.0219. The molecule has 0 heterocycles. The average Bonchev–Trinajstić information content (AvgIpc) is 2.05. The van der Waals surface area contributed by atoms with Crippen LogP contribution in [0.15, 0.2) is 12.7 Å². The van der Waals surface area contributed by atoms with Gasteiger partial charge in [-0.2, -0.15) is 0 Å². The molecule has 0 radical (unpaired) electrons. The SMILES string of the molecule is C=CCNCC(=O)NC(C)COC. The first-order chi connectivity index (χ1) is 6.20. The monoisotopic (exact) mass is 186 g/mol. The molecule has 0 aliphatic carbocycles. The maximum atomic E-state index is 11.1. The van der Waals surface area contributed by atoms with Gasteiger partial charge < -0.3 is 15.4 Å². The molecule has 0 aliphatic rings. The Morgan fingerprint density at radius 3 is 2.92 bits per heavy atom. The molecule has 0 aromatic heterocycles. The van der Waals surface area contributed by atoms with Crippen LogP contribution in [-0.2, 0) is 9.53 Å². The van der Waals surface area contributed by atoms with Crippen molar-refractivity contribution in [3.8, 4) is 0 Å². The molecule has 0 aromatic carbocycles. The van der Waals surface area contributed by atoms with Crippen LogP contribution in [0, 0.1) is 0 Å². The van der Waals surface area contributed by atoms with Crippen LogP contribution in [-0.4, -0.2) is 38.8 Å². The fraction of sp³-hybridized carbons (Fsp3) is 0.667. The molecule has 0 aromatic rings. The van der Waals surface area contributed by atoms with E-state index in [1.54, 1.807) is 13.2 Å². The average molecular weight is 186 g/mol. The molecule has 1 unspecified atom stereocenters. The quantitative estimate of drug-likeness (QED) is 0.431. The Labute approximate surface area is 79.3 Å². The van der Waals surface area contributed by atoms with Crippen molar-refractivity contribution in [3.05, 3.63) is 12.7 Å². The standard InChI is InChI=1S/C9H18N2O2/c1-4-5-10-6-9(12)11-8(2)7-13-3/h4,8,10H,1,5-7H2,2-3H3,(H,11,12). The second-order valence-corrected chi connectivity index (χ2v) is 2.84. The summed E-state index contributed by atoms with van der Waals surface area (Å²) in [4.78, 5) is 11.1. The predicted octanol–water partition coefficient (Wildman–Crippen LogP) is -0.0869. The summed E-state index contributed by atoms with van der Waals surface area (Å²) in [5, 5.41) is 5.69. The molecule has 4 heteroatoms. The maximum absolute atomic E-state index is 11.1. The normalized spacial score (nSPS) is 12.2. The van der Waals surface area contributed by atoms with Gasteiger partial charge in [0.2, 0.25) is 5.91 Å². The fourth-order valence-electron chi connectivity index (χ4n) is 0.905. The van der Waals surface area contributed by atoms with Crippen LogP contribution in [0.5, 0.6) is 0 Å². The molecular weight excluding hydrogens is 168 g/mol. The number of methoxy groups -OCH3 is 1. The van der Waals surface area contributed by atoms with Crippen LogP contribution in [0.4, 0.5) is 0 Å². The highest BCUT2D eigenvalue weighted by molar-refractivity contribution is 5.78. The second kappa shape index (κ2) is 7.76. The van der Waals surface area contributed by atoms with Gasteiger partial charge in [0.1, 0.15) is 0 Å². The van der Waals surface area contributed by atoms with Gasteiger partial charge in [0.05, 0.1) is 13.2 Å². The molecule has 1 amide bonds. The van der Waals surface area contributed by atoms with E-state index < -0.39 is 0 Å². The Kier molecular flexibility index (Phi) is 7.24. The van der Waals surface area contributed by atoms with Crippen molar-refractivity contribution < 1.29 is 9.53 Å². The van der Waals surface area contributed by atoms with E-state index in [2.05, 4.69) is 17.2 Å². The fourth-order valence-corrected chi connectivity index (χ4v) is 0.905. The van der Waals surface area contributed by atoms with E-state index in [4.69, 9.17) is 4.74 Å². The van der Waals surface area contributed by atoms with Gasteiger partial charge in [-0.3, -0.25) is 4.79 Å². The first-order valence-electron chi connectivity index (χ1n) is 4.30. The van der Waals surface area contributed by atoms with Gasteiger partial charge in [-0.1, -0.05) is 6.08 Å². The Morgan fingerprint density at radius 2 is 2.38 bits per heavy atom. The van der Waals surface area contributed by atoms with Gasteiger partial charge in [-0.05, 0) is 6.92 Å². The Morgan fingerprint density at radius 1 is 1.69 bits per heavy atom. The lowest BCUT2D eigenvalue weighted by Crippen LogP contribution is -2.40. The minimum absolute atomic E-state index is 0.0219. The van der Waals surface area contributed by atoms with E-state index in [-0.39, 0.29) is 11.9 Å². The van der Waals surface area contributed by atoms with Gasteiger partial charge >= 0.3 is 0 Å². The predicted molar refractivity (Wildman–Crippen MR) is 52.5 cm³/mol. The number of nitrogens with one attached hydrogen (secondary N) is 2. The third-order valence-corrected chi connectivity index (χ3v) is 1.40. The van der Waals surface area contributed by atoms with Gasteiger partial charge in [0.25, 0.3) is 0 Å². The lowest BCUT2D eigenvalue weighted by Gasteiger charge is -2.12. The third kappa shape index (κ3) is 7.49. The summed E-state index contributed by atoms with van der Waals surface area (Å²) in [6.45, 7) is 6.93. The van der Waals surface area contributed by atoms with E-state index in [1.165, 1.54) is 0 Å². The molecule has 0 aliphatic heterocycles. The Hall–Kier alpha value is -0.870. The van der Waals surface area contributed by atoms with E-state index >= 15 is 0 Å². The third-order valence-electron chi connectivity index (χ3n) is 1.40. The zero-order valence-corrected chi connectivity index (χ0v) is 8.30. The van der Waals surface area contributed by atoms with Crippen molar-refractivity contribution >= 4 is 5.91 Å².